The van der Waals surface area contributed by atoms with Crippen LogP contribution < -0.4 is 0 Å². The first kappa shape index (κ1) is 15.2. The highest BCUT2D eigenvalue weighted by Gasteiger charge is 2.22. The Morgan fingerprint density at radius 3 is 2.32 bits per heavy atom. The number of hydrogen-bond acceptors (Lipinski definition) is 2. The first-order valence-electron chi connectivity index (χ1n) is 6.60. The second-order valence-corrected chi connectivity index (χ2v) is 7.83. The van der Waals surface area contributed by atoms with E-state index in [2.05, 4.69) is 15.9 Å². The summed E-state index contributed by atoms with van der Waals surface area (Å²) in [6.45, 7) is 3.46. The van der Waals surface area contributed by atoms with Gasteiger partial charge in [0.1, 0.15) is 5.82 Å². The van der Waals surface area contributed by atoms with Gasteiger partial charge in [-0.15, -0.1) is 0 Å². The molecule has 0 unspecified atom stereocenters. The van der Waals surface area contributed by atoms with Crippen molar-refractivity contribution < 1.29 is 12.8 Å². The minimum absolute atomic E-state index is 0.172. The molecule has 114 valence electrons. The fraction of sp³-hybridized carbons (Fsp3) is 0.125. The fourth-order valence-corrected chi connectivity index (χ4v) is 4.49. The maximum atomic E-state index is 13.9. The molecular weight excluding hydrogens is 369 g/mol. The molecule has 1 aromatic heterocycles. The quantitative estimate of drug-likeness (QED) is 0.659. The molecule has 3 nitrogen and oxygen atoms in total. The number of fused-ring (bicyclic) bond motifs is 1. The van der Waals surface area contributed by atoms with Gasteiger partial charge in [0.2, 0.25) is 0 Å². The van der Waals surface area contributed by atoms with Crippen LogP contribution in [0.15, 0.2) is 52.0 Å². The zero-order valence-corrected chi connectivity index (χ0v) is 14.4. The van der Waals surface area contributed by atoms with Crippen molar-refractivity contribution in [1.29, 1.82) is 0 Å². The Kier molecular flexibility index (Phi) is 3.61. The molecule has 0 fully saturated rings. The fourth-order valence-electron chi connectivity index (χ4n) is 2.40. The van der Waals surface area contributed by atoms with Gasteiger partial charge in [-0.25, -0.2) is 16.8 Å². The maximum absolute atomic E-state index is 13.9. The Balaban J connectivity index is 2.34. The third-order valence-corrected chi connectivity index (χ3v) is 5.96. The summed E-state index contributed by atoms with van der Waals surface area (Å²) in [5.74, 6) is -0.432. The molecule has 1 heterocycles. The van der Waals surface area contributed by atoms with Gasteiger partial charge in [-0.2, -0.15) is 0 Å². The molecule has 0 aliphatic carbocycles. The van der Waals surface area contributed by atoms with Crippen LogP contribution in [-0.2, 0) is 10.0 Å². The van der Waals surface area contributed by atoms with Gasteiger partial charge in [0.25, 0.3) is 10.0 Å². The minimum Gasteiger partial charge on any atom is -0.240 e. The van der Waals surface area contributed by atoms with E-state index in [1.54, 1.807) is 37.3 Å². The Morgan fingerprint density at radius 1 is 1.05 bits per heavy atom. The highest BCUT2D eigenvalue weighted by atomic mass is 79.9. The highest BCUT2D eigenvalue weighted by Crippen LogP contribution is 2.32. The largest absolute Gasteiger partial charge is 0.268 e. The van der Waals surface area contributed by atoms with Crippen LogP contribution in [0.3, 0.4) is 0 Å². The van der Waals surface area contributed by atoms with Crippen molar-refractivity contribution in [2.24, 2.45) is 0 Å². The van der Waals surface area contributed by atoms with Crippen LogP contribution in [0.25, 0.3) is 10.9 Å². The number of aromatic nitrogens is 1. The van der Waals surface area contributed by atoms with Crippen molar-refractivity contribution in [2.75, 3.05) is 0 Å². The molecule has 0 saturated heterocycles. The number of benzene rings is 2. The lowest BCUT2D eigenvalue weighted by molar-refractivity contribution is 0.588. The molecule has 0 N–H and O–H groups in total. The van der Waals surface area contributed by atoms with Crippen LogP contribution in [-0.4, -0.2) is 12.4 Å². The van der Waals surface area contributed by atoms with Crippen LogP contribution in [0.5, 0.6) is 0 Å². The number of hydrogen-bond donors (Lipinski definition) is 0. The molecule has 0 aliphatic rings. The van der Waals surface area contributed by atoms with Gasteiger partial charge in [-0.3, -0.25) is 0 Å². The Hall–Kier alpha value is -1.66. The van der Waals surface area contributed by atoms with Crippen molar-refractivity contribution in [3.05, 3.63) is 64.0 Å². The average Bonchev–Trinajstić information content (AvgIpc) is 2.82. The lowest BCUT2D eigenvalue weighted by atomic mass is 10.1. The van der Waals surface area contributed by atoms with E-state index in [1.807, 2.05) is 6.92 Å². The molecule has 0 saturated carbocycles. The summed E-state index contributed by atoms with van der Waals surface area (Å²) in [6, 6.07) is 9.49. The van der Waals surface area contributed by atoms with E-state index in [9.17, 15) is 12.8 Å². The van der Waals surface area contributed by atoms with Gasteiger partial charge in [-0.1, -0.05) is 17.7 Å². The zero-order chi connectivity index (χ0) is 16.1. The van der Waals surface area contributed by atoms with Crippen LogP contribution >= 0.6 is 15.9 Å². The monoisotopic (exact) mass is 381 g/mol. The predicted molar refractivity (Wildman–Crippen MR) is 88.1 cm³/mol. The third-order valence-electron chi connectivity index (χ3n) is 3.65. The van der Waals surface area contributed by atoms with Crippen LogP contribution in [0.4, 0.5) is 4.39 Å². The summed E-state index contributed by atoms with van der Waals surface area (Å²) in [4.78, 5) is 0.172. The van der Waals surface area contributed by atoms with Crippen molar-refractivity contribution >= 4 is 36.9 Å². The van der Waals surface area contributed by atoms with Crippen molar-refractivity contribution in [2.45, 2.75) is 18.7 Å². The zero-order valence-electron chi connectivity index (χ0n) is 12.0. The number of halogens is 2. The van der Waals surface area contributed by atoms with Gasteiger partial charge in [0, 0.05) is 21.6 Å². The van der Waals surface area contributed by atoms with E-state index in [4.69, 9.17) is 0 Å². The first-order chi connectivity index (χ1) is 10.3. The topological polar surface area (TPSA) is 39.1 Å². The van der Waals surface area contributed by atoms with E-state index < -0.39 is 15.8 Å². The molecule has 22 heavy (non-hydrogen) atoms. The average molecular weight is 382 g/mol. The molecule has 6 heteroatoms. The SMILES string of the molecule is Cc1ccc(S(=O)(=O)n2cc(Br)c3ccc(F)c(C)c32)cc1. The third kappa shape index (κ3) is 2.27. The van der Waals surface area contributed by atoms with Gasteiger partial charge >= 0.3 is 0 Å². The molecule has 0 aliphatic heterocycles. The molecule has 0 spiro atoms. The van der Waals surface area contributed by atoms with E-state index in [-0.39, 0.29) is 4.90 Å². The Bertz CT molecular complexity index is 976. The number of rotatable bonds is 2. The summed E-state index contributed by atoms with van der Waals surface area (Å²) in [5.41, 5.74) is 1.63. The summed E-state index contributed by atoms with van der Waals surface area (Å²) >= 11 is 3.35. The van der Waals surface area contributed by atoms with Gasteiger partial charge < -0.3 is 0 Å². The van der Waals surface area contributed by atoms with Crippen molar-refractivity contribution in [3.8, 4) is 0 Å². The number of aryl methyl sites for hydroxylation is 2. The van der Waals surface area contributed by atoms with Crippen LogP contribution in [0, 0.1) is 19.7 Å². The number of nitrogens with zero attached hydrogens (tertiary/aromatic N) is 1. The standard InChI is InChI=1S/C16H13BrFNO2S/c1-10-3-5-12(6-4-10)22(20,21)19-9-14(17)13-7-8-15(18)11(2)16(13)19/h3-9H,1-2H3. The first-order valence-corrected chi connectivity index (χ1v) is 8.83. The summed E-state index contributed by atoms with van der Waals surface area (Å²) in [7, 11) is -3.78. The molecule has 2 aromatic carbocycles. The lowest BCUT2D eigenvalue weighted by Gasteiger charge is -2.09. The van der Waals surface area contributed by atoms with E-state index in [0.717, 1.165) is 9.54 Å². The molecule has 0 atom stereocenters. The van der Waals surface area contributed by atoms with E-state index in [0.29, 0.717) is 20.9 Å². The summed E-state index contributed by atoms with van der Waals surface area (Å²) in [6.07, 6.45) is 1.46. The normalized spacial score (nSPS) is 12.0. The van der Waals surface area contributed by atoms with E-state index >= 15 is 0 Å². The smallest absolute Gasteiger partial charge is 0.240 e. The van der Waals surface area contributed by atoms with Gasteiger partial charge in [-0.05, 0) is 54.0 Å². The minimum atomic E-state index is -3.78. The second kappa shape index (κ2) is 5.21. The summed E-state index contributed by atoms with van der Waals surface area (Å²) in [5, 5.41) is 0.662. The van der Waals surface area contributed by atoms with Crippen LogP contribution in [0.1, 0.15) is 11.1 Å². The highest BCUT2D eigenvalue weighted by molar-refractivity contribution is 9.10. The Morgan fingerprint density at radius 2 is 1.68 bits per heavy atom. The second-order valence-electron chi connectivity index (χ2n) is 5.16. The van der Waals surface area contributed by atoms with Crippen molar-refractivity contribution in [3.63, 3.8) is 0 Å². The van der Waals surface area contributed by atoms with Gasteiger partial charge in [0.05, 0.1) is 10.4 Å². The lowest BCUT2D eigenvalue weighted by Crippen LogP contribution is -2.12. The van der Waals surface area contributed by atoms with Crippen molar-refractivity contribution in [1.82, 2.24) is 3.97 Å². The molecule has 3 aromatic rings. The summed E-state index contributed by atoms with van der Waals surface area (Å²) < 4.78 is 41.3. The Labute approximate surface area is 136 Å². The van der Waals surface area contributed by atoms with E-state index in [1.165, 1.54) is 12.3 Å². The molecule has 0 radical (unpaired) electrons. The van der Waals surface area contributed by atoms with Gasteiger partial charge in [0.15, 0.2) is 0 Å². The maximum Gasteiger partial charge on any atom is 0.268 e. The molecular formula is C16H13BrFNO2S. The van der Waals surface area contributed by atoms with Crippen LogP contribution in [0.2, 0.25) is 0 Å². The molecule has 3 rings (SSSR count). The molecule has 0 amide bonds. The molecule has 0 bridgehead atoms. The predicted octanol–water partition coefficient (Wildman–Crippen LogP) is 4.40.